The maximum atomic E-state index is 12.0. The molecule has 3 nitrogen and oxygen atoms in total. The van der Waals surface area contributed by atoms with E-state index in [4.69, 9.17) is 27.9 Å². The highest BCUT2D eigenvalue weighted by Crippen LogP contribution is 2.29. The second-order valence-electron chi connectivity index (χ2n) is 6.00. The number of halogens is 2. The molecule has 0 saturated carbocycles. The quantitative estimate of drug-likeness (QED) is 0.540. The molecule has 0 spiro atoms. The zero-order chi connectivity index (χ0) is 18.1. The summed E-state index contributed by atoms with van der Waals surface area (Å²) in [5, 5.41) is 2.16. The lowest BCUT2D eigenvalue weighted by atomic mass is 10.1. The van der Waals surface area contributed by atoms with Crippen LogP contribution in [0.3, 0.4) is 0 Å². The van der Waals surface area contributed by atoms with Crippen LogP contribution < -0.4 is 0 Å². The van der Waals surface area contributed by atoms with Gasteiger partial charge < -0.3 is 9.30 Å². The van der Waals surface area contributed by atoms with Crippen molar-refractivity contribution in [1.29, 1.82) is 0 Å². The summed E-state index contributed by atoms with van der Waals surface area (Å²) in [6, 6.07) is 11.4. The molecule has 3 rings (SSSR count). The number of hydrogen-bond donors (Lipinski definition) is 0. The number of ether oxygens (including phenoxy) is 1. The molecule has 1 aromatic heterocycles. The third-order valence-corrected chi connectivity index (χ3v) is 5.21. The normalized spacial score (nSPS) is 11.1. The zero-order valence-corrected chi connectivity index (χ0v) is 15.9. The third-order valence-electron chi connectivity index (χ3n) is 4.47. The summed E-state index contributed by atoms with van der Waals surface area (Å²) in [5.41, 5.74) is 5.03. The Balaban J connectivity index is 2.05. The van der Waals surface area contributed by atoms with Crippen LogP contribution in [0.2, 0.25) is 10.0 Å². The first-order valence-corrected chi connectivity index (χ1v) is 8.88. The number of carbonyl (C=O) groups excluding carboxylic acids is 1. The van der Waals surface area contributed by atoms with Gasteiger partial charge >= 0.3 is 5.97 Å². The molecule has 0 aliphatic heterocycles. The van der Waals surface area contributed by atoms with Gasteiger partial charge in [-0.15, -0.1) is 0 Å². The summed E-state index contributed by atoms with van der Waals surface area (Å²) in [6.07, 6.45) is 0. The van der Waals surface area contributed by atoms with Crippen molar-refractivity contribution in [3.63, 3.8) is 0 Å². The summed E-state index contributed by atoms with van der Waals surface area (Å²) in [6.45, 7) is 7.01. The maximum Gasteiger partial charge on any atom is 0.338 e. The van der Waals surface area contributed by atoms with Crippen molar-refractivity contribution in [2.45, 2.75) is 27.3 Å². The minimum Gasteiger partial charge on any atom is -0.462 e. The lowest BCUT2D eigenvalue weighted by molar-refractivity contribution is 0.0526. The van der Waals surface area contributed by atoms with E-state index in [0.29, 0.717) is 28.8 Å². The highest BCUT2D eigenvalue weighted by Gasteiger charge is 2.15. The van der Waals surface area contributed by atoms with Crippen molar-refractivity contribution < 1.29 is 9.53 Å². The highest BCUT2D eigenvalue weighted by molar-refractivity contribution is 6.42. The first-order chi connectivity index (χ1) is 11.9. The number of fused-ring (bicyclic) bond motifs is 1. The molecule has 0 bridgehead atoms. The van der Waals surface area contributed by atoms with Crippen molar-refractivity contribution >= 4 is 40.1 Å². The van der Waals surface area contributed by atoms with Gasteiger partial charge in [0.1, 0.15) is 0 Å². The van der Waals surface area contributed by atoms with Crippen LogP contribution in [0.25, 0.3) is 10.9 Å². The van der Waals surface area contributed by atoms with Crippen LogP contribution in [0.5, 0.6) is 0 Å². The van der Waals surface area contributed by atoms with Gasteiger partial charge in [0, 0.05) is 23.1 Å². The van der Waals surface area contributed by atoms with Gasteiger partial charge in [0.25, 0.3) is 0 Å². The molecule has 0 saturated heterocycles. The molecular weight excluding hydrogens is 357 g/mol. The SMILES string of the molecule is CCOC(=O)c1ccc2c(c1)c(C)c(C)n2Cc1ccc(Cl)c(Cl)c1. The molecule has 0 N–H and O–H groups in total. The molecule has 5 heteroatoms. The molecule has 1 heterocycles. The molecule has 0 aliphatic carbocycles. The third kappa shape index (κ3) is 3.39. The zero-order valence-electron chi connectivity index (χ0n) is 14.4. The Bertz CT molecular complexity index is 960. The van der Waals surface area contributed by atoms with Crippen molar-refractivity contribution in [2.24, 2.45) is 0 Å². The molecule has 0 radical (unpaired) electrons. The molecule has 0 atom stereocenters. The standard InChI is InChI=1S/C20H19Cl2NO2/c1-4-25-20(24)15-6-8-19-16(10-15)12(2)13(3)23(19)11-14-5-7-17(21)18(22)9-14/h5-10H,4,11H2,1-3H3. The van der Waals surface area contributed by atoms with Gasteiger partial charge in [-0.2, -0.15) is 0 Å². The summed E-state index contributed by atoms with van der Waals surface area (Å²) >= 11 is 12.1. The fourth-order valence-electron chi connectivity index (χ4n) is 3.02. The second kappa shape index (κ2) is 7.11. The minimum atomic E-state index is -0.293. The summed E-state index contributed by atoms with van der Waals surface area (Å²) in [7, 11) is 0. The average molecular weight is 376 g/mol. The van der Waals surface area contributed by atoms with Gasteiger partial charge in [-0.05, 0) is 62.2 Å². The Kier molecular flexibility index (Phi) is 5.07. The molecule has 130 valence electrons. The van der Waals surface area contributed by atoms with Crippen LogP contribution in [0, 0.1) is 13.8 Å². The fraction of sp³-hybridized carbons (Fsp3) is 0.250. The van der Waals surface area contributed by atoms with E-state index in [-0.39, 0.29) is 5.97 Å². The number of aryl methyl sites for hydroxylation is 1. The van der Waals surface area contributed by atoms with Gasteiger partial charge in [0.05, 0.1) is 22.2 Å². The van der Waals surface area contributed by atoms with Crippen molar-refractivity contribution in [3.05, 3.63) is 68.8 Å². The minimum absolute atomic E-state index is 0.293. The second-order valence-corrected chi connectivity index (χ2v) is 6.81. The molecule has 2 aromatic carbocycles. The van der Waals surface area contributed by atoms with E-state index >= 15 is 0 Å². The molecule has 3 aromatic rings. The summed E-state index contributed by atoms with van der Waals surface area (Å²) in [4.78, 5) is 12.0. The smallest absolute Gasteiger partial charge is 0.338 e. The monoisotopic (exact) mass is 375 g/mol. The van der Waals surface area contributed by atoms with E-state index in [1.165, 1.54) is 0 Å². The first kappa shape index (κ1) is 17.8. The topological polar surface area (TPSA) is 31.2 Å². The van der Waals surface area contributed by atoms with Crippen LogP contribution >= 0.6 is 23.2 Å². The van der Waals surface area contributed by atoms with Gasteiger partial charge in [0.2, 0.25) is 0 Å². The van der Waals surface area contributed by atoms with Crippen LogP contribution in [-0.4, -0.2) is 17.1 Å². The molecule has 0 aliphatic rings. The molecule has 0 amide bonds. The molecule has 25 heavy (non-hydrogen) atoms. The Labute approximate surface area is 157 Å². The number of nitrogens with zero attached hydrogens (tertiary/aromatic N) is 1. The van der Waals surface area contributed by atoms with Crippen LogP contribution in [-0.2, 0) is 11.3 Å². The lowest BCUT2D eigenvalue weighted by Crippen LogP contribution is -2.05. The highest BCUT2D eigenvalue weighted by atomic mass is 35.5. The maximum absolute atomic E-state index is 12.0. The van der Waals surface area contributed by atoms with Crippen LogP contribution in [0.4, 0.5) is 0 Å². The summed E-state index contributed by atoms with van der Waals surface area (Å²) in [5.74, 6) is -0.293. The fourth-order valence-corrected chi connectivity index (χ4v) is 3.34. The Hall–Kier alpha value is -1.97. The van der Waals surface area contributed by atoms with Crippen LogP contribution in [0.15, 0.2) is 36.4 Å². The number of aromatic nitrogens is 1. The van der Waals surface area contributed by atoms with E-state index in [0.717, 1.165) is 27.7 Å². The van der Waals surface area contributed by atoms with Gasteiger partial charge in [-0.3, -0.25) is 0 Å². The van der Waals surface area contributed by atoms with E-state index in [2.05, 4.69) is 18.4 Å². The predicted octanol–water partition coefficient (Wildman–Crippen LogP) is 5.79. The van der Waals surface area contributed by atoms with Crippen LogP contribution in [0.1, 0.15) is 34.1 Å². The lowest BCUT2D eigenvalue weighted by Gasteiger charge is -2.10. The van der Waals surface area contributed by atoms with Gasteiger partial charge in [-0.1, -0.05) is 29.3 Å². The number of esters is 1. The van der Waals surface area contributed by atoms with E-state index < -0.39 is 0 Å². The molecule has 0 fully saturated rings. The van der Waals surface area contributed by atoms with Crippen molar-refractivity contribution in [1.82, 2.24) is 4.57 Å². The summed E-state index contributed by atoms with van der Waals surface area (Å²) < 4.78 is 7.32. The van der Waals surface area contributed by atoms with Crippen molar-refractivity contribution in [2.75, 3.05) is 6.61 Å². The van der Waals surface area contributed by atoms with E-state index in [9.17, 15) is 4.79 Å². The average Bonchev–Trinajstić information content (AvgIpc) is 2.83. The van der Waals surface area contributed by atoms with Gasteiger partial charge in [-0.25, -0.2) is 4.79 Å². The van der Waals surface area contributed by atoms with E-state index in [1.807, 2.05) is 36.4 Å². The number of rotatable bonds is 4. The van der Waals surface area contributed by atoms with Crippen molar-refractivity contribution in [3.8, 4) is 0 Å². The molecular formula is C20H19Cl2NO2. The first-order valence-electron chi connectivity index (χ1n) is 8.13. The number of benzene rings is 2. The Morgan fingerprint density at radius 1 is 1.08 bits per heavy atom. The number of hydrogen-bond acceptors (Lipinski definition) is 2. The van der Waals surface area contributed by atoms with Gasteiger partial charge in [0.15, 0.2) is 0 Å². The van der Waals surface area contributed by atoms with E-state index in [1.54, 1.807) is 6.92 Å². The Morgan fingerprint density at radius 3 is 2.52 bits per heavy atom. The predicted molar refractivity (Wildman–Crippen MR) is 103 cm³/mol. The number of carbonyl (C=O) groups is 1. The Morgan fingerprint density at radius 2 is 1.84 bits per heavy atom. The molecule has 0 unspecified atom stereocenters. The largest absolute Gasteiger partial charge is 0.462 e.